The van der Waals surface area contributed by atoms with Crippen LogP contribution < -0.4 is 5.32 Å². The maximum atomic E-state index is 10.5. The maximum Gasteiger partial charge on any atom is 0.332 e. The lowest BCUT2D eigenvalue weighted by Crippen LogP contribution is -2.39. The van der Waals surface area contributed by atoms with E-state index in [1.54, 1.807) is 11.8 Å². The molecule has 0 spiro atoms. The van der Waals surface area contributed by atoms with Crippen LogP contribution in [-0.4, -0.2) is 57.3 Å². The molecule has 0 aliphatic rings. The van der Waals surface area contributed by atoms with Gasteiger partial charge in [0.25, 0.3) is 0 Å². The van der Waals surface area contributed by atoms with Crippen LogP contribution in [0.25, 0.3) is 0 Å². The molecule has 0 aromatic carbocycles. The molecule has 18 heavy (non-hydrogen) atoms. The molecule has 0 heterocycles. The average Bonchev–Trinajstić information content (AvgIpc) is 2.24. The number of hydrogen-bond acceptors (Lipinski definition) is 5. The number of aliphatic hydroxyl groups is 1. The van der Waals surface area contributed by atoms with Crippen molar-refractivity contribution in [3.63, 3.8) is 0 Å². The first-order chi connectivity index (χ1) is 8.22. The third kappa shape index (κ3) is 12.8. The number of rotatable bonds is 6. The number of aliphatic carboxylic acids is 2. The zero-order valence-electron chi connectivity index (χ0n) is 10.5. The van der Waals surface area contributed by atoms with Crippen molar-refractivity contribution in [2.45, 2.75) is 32.4 Å². The van der Waals surface area contributed by atoms with Gasteiger partial charge in [0.2, 0.25) is 5.91 Å². The molecule has 0 saturated heterocycles. The van der Waals surface area contributed by atoms with Crippen LogP contribution in [0.4, 0.5) is 0 Å². The van der Waals surface area contributed by atoms with E-state index >= 15 is 0 Å². The molecule has 4 N–H and O–H groups in total. The highest BCUT2D eigenvalue weighted by Crippen LogP contribution is 2.00. The van der Waals surface area contributed by atoms with Crippen molar-refractivity contribution in [3.05, 3.63) is 0 Å². The van der Waals surface area contributed by atoms with E-state index in [1.165, 1.54) is 13.8 Å². The second-order valence-corrected chi connectivity index (χ2v) is 4.37. The number of carboxylic acid groups (broad SMARTS) is 2. The van der Waals surface area contributed by atoms with Crippen LogP contribution in [-0.2, 0) is 14.4 Å². The molecule has 0 aromatic heterocycles. The first kappa shape index (κ1) is 19.1. The molecule has 0 aromatic rings. The van der Waals surface area contributed by atoms with Gasteiger partial charge in [-0.3, -0.25) is 4.79 Å². The van der Waals surface area contributed by atoms with Crippen molar-refractivity contribution in [1.82, 2.24) is 5.32 Å². The Balaban J connectivity index is 0. The SMILES string of the molecule is CC(O)C(=O)O.CSCCC(NC(C)=O)C(=O)O. The number of carboxylic acids is 2. The molecule has 0 aliphatic carbocycles. The molecule has 2 atom stereocenters. The van der Waals surface area contributed by atoms with Gasteiger partial charge in [-0.05, 0) is 25.4 Å². The second kappa shape index (κ2) is 10.8. The minimum absolute atomic E-state index is 0.302. The highest BCUT2D eigenvalue weighted by atomic mass is 32.2. The number of amides is 1. The highest BCUT2D eigenvalue weighted by molar-refractivity contribution is 7.98. The summed E-state index contributed by atoms with van der Waals surface area (Å²) >= 11 is 1.56. The standard InChI is InChI=1S/C7H13NO3S.C3H6O3/c1-5(9)8-6(7(10)11)3-4-12-2;1-2(4)3(5)6/h6H,3-4H2,1-2H3,(H,8,9)(H,10,11);2,4H,1H3,(H,5,6). The Morgan fingerprint density at radius 2 is 1.67 bits per heavy atom. The fourth-order valence-corrected chi connectivity index (χ4v) is 1.21. The lowest BCUT2D eigenvalue weighted by Gasteiger charge is -2.11. The van der Waals surface area contributed by atoms with Crippen molar-refractivity contribution in [1.29, 1.82) is 0 Å². The predicted molar refractivity (Wildman–Crippen MR) is 67.6 cm³/mol. The summed E-state index contributed by atoms with van der Waals surface area (Å²) in [4.78, 5) is 30.5. The Labute approximate surface area is 110 Å². The number of carbonyl (C=O) groups is 3. The van der Waals surface area contributed by atoms with Crippen LogP contribution in [0.2, 0.25) is 0 Å². The van der Waals surface area contributed by atoms with Crippen molar-refractivity contribution < 1.29 is 29.7 Å². The van der Waals surface area contributed by atoms with Crippen LogP contribution in [0.3, 0.4) is 0 Å². The van der Waals surface area contributed by atoms with Gasteiger partial charge in [0.05, 0.1) is 0 Å². The van der Waals surface area contributed by atoms with Crippen LogP contribution in [0.5, 0.6) is 0 Å². The van der Waals surface area contributed by atoms with Gasteiger partial charge in [0.15, 0.2) is 0 Å². The lowest BCUT2D eigenvalue weighted by atomic mass is 10.2. The smallest absolute Gasteiger partial charge is 0.332 e. The summed E-state index contributed by atoms with van der Waals surface area (Å²) in [6.45, 7) is 2.51. The summed E-state index contributed by atoms with van der Waals surface area (Å²) in [6, 6.07) is -0.741. The zero-order valence-corrected chi connectivity index (χ0v) is 11.4. The average molecular weight is 281 g/mol. The minimum atomic E-state index is -1.23. The third-order valence-corrected chi connectivity index (χ3v) is 2.29. The molecule has 0 aliphatic heterocycles. The molecule has 8 heteroatoms. The molecular weight excluding hydrogens is 262 g/mol. The molecule has 106 valence electrons. The first-order valence-electron chi connectivity index (χ1n) is 5.12. The summed E-state index contributed by atoms with van der Waals surface area (Å²) in [5.74, 6) is -1.73. The number of aliphatic hydroxyl groups excluding tert-OH is 1. The molecule has 0 bridgehead atoms. The number of nitrogens with one attached hydrogen (secondary N) is 1. The van der Waals surface area contributed by atoms with E-state index in [9.17, 15) is 14.4 Å². The third-order valence-electron chi connectivity index (χ3n) is 1.64. The number of carbonyl (C=O) groups excluding carboxylic acids is 1. The van der Waals surface area contributed by atoms with Crippen LogP contribution in [0.1, 0.15) is 20.3 Å². The summed E-state index contributed by atoms with van der Waals surface area (Å²) in [5.41, 5.74) is 0. The Morgan fingerprint density at radius 1 is 1.22 bits per heavy atom. The van der Waals surface area contributed by atoms with Crippen molar-refractivity contribution in [2.24, 2.45) is 0 Å². The number of thioether (sulfide) groups is 1. The Hall–Kier alpha value is -1.28. The van der Waals surface area contributed by atoms with Gasteiger partial charge in [0, 0.05) is 6.92 Å². The lowest BCUT2D eigenvalue weighted by molar-refractivity contribution is -0.145. The molecule has 0 radical (unpaired) electrons. The van der Waals surface area contributed by atoms with E-state index in [4.69, 9.17) is 15.3 Å². The Kier molecular flexibility index (Phi) is 11.5. The fraction of sp³-hybridized carbons (Fsp3) is 0.700. The van der Waals surface area contributed by atoms with Crippen LogP contribution in [0.15, 0.2) is 0 Å². The van der Waals surface area contributed by atoms with Gasteiger partial charge < -0.3 is 20.6 Å². The Morgan fingerprint density at radius 3 is 1.89 bits per heavy atom. The summed E-state index contributed by atoms with van der Waals surface area (Å²) < 4.78 is 0. The van der Waals surface area contributed by atoms with Crippen LogP contribution >= 0.6 is 11.8 Å². The van der Waals surface area contributed by atoms with Crippen molar-refractivity contribution in [2.75, 3.05) is 12.0 Å². The molecule has 7 nitrogen and oxygen atoms in total. The summed E-state index contributed by atoms with van der Waals surface area (Å²) in [5, 5.41) is 26.8. The van der Waals surface area contributed by atoms with Gasteiger partial charge >= 0.3 is 11.9 Å². The van der Waals surface area contributed by atoms with Gasteiger partial charge in [-0.25, -0.2) is 9.59 Å². The normalized spacial score (nSPS) is 12.7. The van der Waals surface area contributed by atoms with Gasteiger partial charge in [-0.2, -0.15) is 11.8 Å². The van der Waals surface area contributed by atoms with Gasteiger partial charge in [0.1, 0.15) is 12.1 Å². The highest BCUT2D eigenvalue weighted by Gasteiger charge is 2.16. The topological polar surface area (TPSA) is 124 Å². The van der Waals surface area contributed by atoms with E-state index in [0.29, 0.717) is 6.42 Å². The fourth-order valence-electron chi connectivity index (χ4n) is 0.738. The van der Waals surface area contributed by atoms with Gasteiger partial charge in [-0.15, -0.1) is 0 Å². The van der Waals surface area contributed by atoms with E-state index in [0.717, 1.165) is 5.75 Å². The first-order valence-corrected chi connectivity index (χ1v) is 6.51. The summed E-state index contributed by atoms with van der Waals surface area (Å²) in [7, 11) is 0. The van der Waals surface area contributed by atoms with Crippen molar-refractivity contribution >= 4 is 29.6 Å². The van der Waals surface area contributed by atoms with Crippen LogP contribution in [0, 0.1) is 0 Å². The molecule has 1 amide bonds. The molecule has 0 rings (SSSR count). The molecule has 2 unspecified atom stereocenters. The minimum Gasteiger partial charge on any atom is -0.480 e. The molecular formula is C10H19NO6S. The summed E-state index contributed by atoms with van der Waals surface area (Å²) in [6.07, 6.45) is 1.13. The van der Waals surface area contributed by atoms with Crippen molar-refractivity contribution in [3.8, 4) is 0 Å². The van der Waals surface area contributed by atoms with Gasteiger partial charge in [-0.1, -0.05) is 0 Å². The quantitative estimate of drug-likeness (QED) is 0.530. The van der Waals surface area contributed by atoms with E-state index in [2.05, 4.69) is 5.32 Å². The maximum absolute atomic E-state index is 10.5. The Bertz CT molecular complexity index is 282. The zero-order chi connectivity index (χ0) is 14.7. The van der Waals surface area contributed by atoms with E-state index in [-0.39, 0.29) is 5.91 Å². The largest absolute Gasteiger partial charge is 0.480 e. The number of hydrogen-bond donors (Lipinski definition) is 4. The molecule has 0 fully saturated rings. The molecule has 0 saturated carbocycles. The monoisotopic (exact) mass is 281 g/mol. The predicted octanol–water partition coefficient (Wildman–Crippen LogP) is -0.219. The van der Waals surface area contributed by atoms with E-state index in [1.807, 2.05) is 6.26 Å². The van der Waals surface area contributed by atoms with E-state index < -0.39 is 24.1 Å². The second-order valence-electron chi connectivity index (χ2n) is 3.39.